The van der Waals surface area contributed by atoms with Gasteiger partial charge in [-0.3, -0.25) is 9.69 Å². The number of anilines is 1. The van der Waals surface area contributed by atoms with Gasteiger partial charge < -0.3 is 15.5 Å². The Bertz CT molecular complexity index is 612. The number of nitrogens with zero attached hydrogens (tertiary/aromatic N) is 3. The van der Waals surface area contributed by atoms with E-state index in [9.17, 15) is 4.79 Å². The fraction of sp³-hybridized carbons (Fsp3) is 0.650. The Morgan fingerprint density at radius 1 is 1.07 bits per heavy atom. The van der Waals surface area contributed by atoms with Crippen LogP contribution in [-0.2, 0) is 4.79 Å². The second-order valence-corrected chi connectivity index (χ2v) is 8.08. The van der Waals surface area contributed by atoms with E-state index in [1.807, 2.05) is 4.90 Å². The van der Waals surface area contributed by atoms with Crippen molar-refractivity contribution in [2.24, 2.45) is 5.73 Å². The lowest BCUT2D eigenvalue weighted by atomic mass is 9.99. The van der Waals surface area contributed by atoms with Gasteiger partial charge in [-0.2, -0.15) is 0 Å². The summed E-state index contributed by atoms with van der Waals surface area (Å²) >= 11 is 0. The van der Waals surface area contributed by atoms with Crippen LogP contribution in [-0.4, -0.2) is 66.6 Å². The zero-order valence-corrected chi connectivity index (χ0v) is 18.3. The number of carbonyl (C=O) groups is 1. The number of aryl methyl sites for hydroxylation is 1. The van der Waals surface area contributed by atoms with Gasteiger partial charge in [0.1, 0.15) is 0 Å². The summed E-state index contributed by atoms with van der Waals surface area (Å²) in [6.07, 6.45) is 2.25. The molecule has 1 aromatic rings. The van der Waals surface area contributed by atoms with Gasteiger partial charge in [-0.05, 0) is 45.2 Å². The van der Waals surface area contributed by atoms with Gasteiger partial charge in [0, 0.05) is 51.0 Å². The van der Waals surface area contributed by atoms with Gasteiger partial charge in [-0.15, -0.1) is 24.8 Å². The summed E-state index contributed by atoms with van der Waals surface area (Å²) in [5.74, 6) is 0.0794. The first kappa shape index (κ1) is 24.0. The normalized spacial score (nSPS) is 21.3. The molecule has 1 unspecified atom stereocenters. The highest BCUT2D eigenvalue weighted by Gasteiger charge is 2.34. The summed E-state index contributed by atoms with van der Waals surface area (Å²) in [5.41, 5.74) is 7.94. The number of carbonyl (C=O) groups excluding carboxylic acids is 1. The molecular weight excluding hydrogens is 383 g/mol. The predicted octanol–water partition coefficient (Wildman–Crippen LogP) is 2.69. The average molecular weight is 417 g/mol. The molecule has 2 aliphatic heterocycles. The minimum Gasteiger partial charge on any atom is -0.369 e. The molecule has 1 amide bonds. The highest BCUT2D eigenvalue weighted by Crippen LogP contribution is 2.24. The predicted molar refractivity (Wildman–Crippen MR) is 117 cm³/mol. The van der Waals surface area contributed by atoms with E-state index in [4.69, 9.17) is 5.73 Å². The Hall–Kier alpha value is -1.01. The molecule has 7 heteroatoms. The average Bonchev–Trinajstić information content (AvgIpc) is 2.61. The first-order valence-electron chi connectivity index (χ1n) is 9.49. The number of hydrogen-bond donors (Lipinski definition) is 1. The minimum absolute atomic E-state index is 0. The maximum absolute atomic E-state index is 12.5. The highest BCUT2D eigenvalue weighted by molar-refractivity contribution is 5.86. The van der Waals surface area contributed by atoms with Crippen molar-refractivity contribution in [2.75, 3.05) is 44.2 Å². The van der Waals surface area contributed by atoms with E-state index in [0.717, 1.165) is 45.7 Å². The van der Waals surface area contributed by atoms with Crippen molar-refractivity contribution in [3.05, 3.63) is 29.8 Å². The summed E-state index contributed by atoms with van der Waals surface area (Å²) in [5, 5.41) is 0. The summed E-state index contributed by atoms with van der Waals surface area (Å²) < 4.78 is 0. The molecule has 0 aromatic heterocycles. The molecule has 5 nitrogen and oxygen atoms in total. The first-order valence-corrected chi connectivity index (χ1v) is 9.49. The van der Waals surface area contributed by atoms with Crippen LogP contribution in [0.5, 0.6) is 0 Å². The van der Waals surface area contributed by atoms with Crippen LogP contribution in [0, 0.1) is 6.92 Å². The number of halogens is 2. The standard InChI is InChI=1S/C20H32N4O.2ClH/c1-16-7-4-5-9-18(16)23-13-11-22(12-14-23)17-8-6-10-24(15-17)19(25)20(2,3)21;;/h4-5,7,9,17H,6,8,10-15,21H2,1-3H3;2*1H. The van der Waals surface area contributed by atoms with Crippen LogP contribution in [0.4, 0.5) is 5.69 Å². The summed E-state index contributed by atoms with van der Waals surface area (Å²) in [7, 11) is 0. The molecule has 0 saturated carbocycles. The minimum atomic E-state index is -0.772. The van der Waals surface area contributed by atoms with Crippen LogP contribution in [0.25, 0.3) is 0 Å². The Labute approximate surface area is 176 Å². The van der Waals surface area contributed by atoms with Crippen molar-refractivity contribution in [2.45, 2.75) is 45.2 Å². The van der Waals surface area contributed by atoms with E-state index in [-0.39, 0.29) is 30.7 Å². The summed E-state index contributed by atoms with van der Waals surface area (Å²) in [6, 6.07) is 9.09. The van der Waals surface area contributed by atoms with Crippen LogP contribution in [0.3, 0.4) is 0 Å². The van der Waals surface area contributed by atoms with Gasteiger partial charge >= 0.3 is 0 Å². The Balaban J connectivity index is 0.00000182. The molecule has 0 radical (unpaired) electrons. The second-order valence-electron chi connectivity index (χ2n) is 8.08. The van der Waals surface area contributed by atoms with Crippen molar-refractivity contribution in [3.63, 3.8) is 0 Å². The molecule has 2 aliphatic rings. The lowest BCUT2D eigenvalue weighted by molar-refractivity contribution is -0.138. The molecule has 2 N–H and O–H groups in total. The number of benzene rings is 1. The Morgan fingerprint density at radius 3 is 2.30 bits per heavy atom. The summed E-state index contributed by atoms with van der Waals surface area (Å²) in [4.78, 5) is 19.5. The molecule has 0 bridgehead atoms. The van der Waals surface area contributed by atoms with Crippen molar-refractivity contribution < 1.29 is 4.79 Å². The maximum Gasteiger partial charge on any atom is 0.242 e. The zero-order chi connectivity index (χ0) is 18.0. The lowest BCUT2D eigenvalue weighted by Gasteiger charge is -2.45. The molecule has 1 atom stereocenters. The van der Waals surface area contributed by atoms with Gasteiger partial charge in [-0.25, -0.2) is 0 Å². The van der Waals surface area contributed by atoms with Crippen molar-refractivity contribution in [1.82, 2.24) is 9.80 Å². The van der Waals surface area contributed by atoms with Crippen molar-refractivity contribution in [1.29, 1.82) is 0 Å². The maximum atomic E-state index is 12.5. The van der Waals surface area contributed by atoms with Crippen molar-refractivity contribution >= 4 is 36.4 Å². The Kier molecular flexibility index (Phi) is 8.87. The molecule has 3 rings (SSSR count). The van der Waals surface area contributed by atoms with E-state index in [0.29, 0.717) is 6.04 Å². The van der Waals surface area contributed by atoms with Crippen LogP contribution in [0.2, 0.25) is 0 Å². The van der Waals surface area contributed by atoms with Crippen molar-refractivity contribution in [3.8, 4) is 0 Å². The highest BCUT2D eigenvalue weighted by atomic mass is 35.5. The van der Waals surface area contributed by atoms with E-state index < -0.39 is 5.54 Å². The van der Waals surface area contributed by atoms with E-state index in [1.54, 1.807) is 13.8 Å². The molecule has 1 aromatic carbocycles. The second kappa shape index (κ2) is 9.97. The fourth-order valence-corrected chi connectivity index (χ4v) is 4.09. The van der Waals surface area contributed by atoms with E-state index in [1.165, 1.54) is 17.7 Å². The number of nitrogens with two attached hydrogens (primary N) is 1. The molecule has 2 saturated heterocycles. The fourth-order valence-electron chi connectivity index (χ4n) is 4.09. The number of para-hydroxylation sites is 1. The van der Waals surface area contributed by atoms with E-state index in [2.05, 4.69) is 41.0 Å². The molecule has 2 fully saturated rings. The number of amides is 1. The molecule has 154 valence electrons. The third kappa shape index (κ3) is 5.74. The van der Waals surface area contributed by atoms with Gasteiger partial charge in [0.05, 0.1) is 5.54 Å². The molecule has 2 heterocycles. The third-order valence-electron chi connectivity index (χ3n) is 5.52. The number of likely N-dealkylation sites (tertiary alicyclic amines) is 1. The largest absolute Gasteiger partial charge is 0.369 e. The van der Waals surface area contributed by atoms with Crippen LogP contribution < -0.4 is 10.6 Å². The Morgan fingerprint density at radius 2 is 1.70 bits per heavy atom. The van der Waals surface area contributed by atoms with E-state index >= 15 is 0 Å². The summed E-state index contributed by atoms with van der Waals surface area (Å²) in [6.45, 7) is 11.7. The van der Waals surface area contributed by atoms with Gasteiger partial charge in [0.15, 0.2) is 0 Å². The topological polar surface area (TPSA) is 52.8 Å². The van der Waals surface area contributed by atoms with Gasteiger partial charge in [0.25, 0.3) is 0 Å². The monoisotopic (exact) mass is 416 g/mol. The zero-order valence-electron chi connectivity index (χ0n) is 16.7. The quantitative estimate of drug-likeness (QED) is 0.822. The first-order chi connectivity index (χ1) is 11.9. The molecular formula is C20H34Cl2N4O. The SMILES string of the molecule is Cc1ccccc1N1CCN(C2CCCN(C(=O)C(C)(C)N)C2)CC1.Cl.Cl. The van der Waals surface area contributed by atoms with Crippen LogP contribution in [0.1, 0.15) is 32.3 Å². The molecule has 27 heavy (non-hydrogen) atoms. The number of piperidine rings is 1. The lowest BCUT2D eigenvalue weighted by Crippen LogP contribution is -2.59. The smallest absolute Gasteiger partial charge is 0.242 e. The van der Waals surface area contributed by atoms with Crippen LogP contribution in [0.15, 0.2) is 24.3 Å². The van der Waals surface area contributed by atoms with Crippen LogP contribution >= 0.6 is 24.8 Å². The molecule has 0 aliphatic carbocycles. The third-order valence-corrected chi connectivity index (χ3v) is 5.52. The number of rotatable bonds is 3. The molecule has 0 spiro atoms. The number of hydrogen-bond acceptors (Lipinski definition) is 4. The number of piperazine rings is 1. The van der Waals surface area contributed by atoms with Gasteiger partial charge in [-0.1, -0.05) is 18.2 Å². The van der Waals surface area contributed by atoms with Gasteiger partial charge in [0.2, 0.25) is 5.91 Å².